The number of nitrogens with zero attached hydrogens (tertiary/aromatic N) is 1. The van der Waals surface area contributed by atoms with Gasteiger partial charge in [0.15, 0.2) is 0 Å². The van der Waals surface area contributed by atoms with Gasteiger partial charge in [0.2, 0.25) is 0 Å². The van der Waals surface area contributed by atoms with Crippen molar-refractivity contribution in [1.82, 2.24) is 5.32 Å². The molecule has 1 N–H and O–H groups in total. The summed E-state index contributed by atoms with van der Waals surface area (Å²) >= 11 is 2.05. The molecule has 1 aliphatic carbocycles. The number of nitrogens with one attached hydrogen (secondary N) is 1. The van der Waals surface area contributed by atoms with Crippen molar-refractivity contribution in [2.75, 3.05) is 12.3 Å². The van der Waals surface area contributed by atoms with Gasteiger partial charge in [-0.15, -0.1) is 0 Å². The molecule has 0 spiro atoms. The number of hydrogen-bond donors (Lipinski definition) is 1. The lowest BCUT2D eigenvalue weighted by molar-refractivity contribution is 0.309. The second kappa shape index (κ2) is 6.40. The highest BCUT2D eigenvalue weighted by Gasteiger charge is 2.35. The van der Waals surface area contributed by atoms with Crippen LogP contribution in [-0.2, 0) is 0 Å². The molecule has 0 amide bonds. The van der Waals surface area contributed by atoms with Crippen LogP contribution in [0.5, 0.6) is 0 Å². The van der Waals surface area contributed by atoms with Gasteiger partial charge in [0.25, 0.3) is 0 Å². The first kappa shape index (κ1) is 12.9. The van der Waals surface area contributed by atoms with Gasteiger partial charge in [-0.2, -0.15) is 17.0 Å². The van der Waals surface area contributed by atoms with E-state index < -0.39 is 0 Å². The summed E-state index contributed by atoms with van der Waals surface area (Å²) < 4.78 is 0. The zero-order valence-electron chi connectivity index (χ0n) is 9.88. The Balaban J connectivity index is 2.49. The number of nitriles is 1. The molecule has 2 nitrogen and oxygen atoms in total. The molecule has 1 rings (SSSR count). The highest BCUT2D eigenvalue weighted by molar-refractivity contribution is 7.99. The lowest BCUT2D eigenvalue weighted by atomic mass is 9.82. The molecule has 3 heteroatoms. The van der Waals surface area contributed by atoms with Crippen molar-refractivity contribution in [3.63, 3.8) is 0 Å². The molecule has 15 heavy (non-hydrogen) atoms. The van der Waals surface area contributed by atoms with Crippen LogP contribution in [0.2, 0.25) is 0 Å². The fraction of sp³-hybridized carbons (Fsp3) is 0.917. The second-order valence-corrected chi connectivity index (χ2v) is 5.72. The quantitative estimate of drug-likeness (QED) is 0.783. The molecule has 2 atom stereocenters. The fourth-order valence-electron chi connectivity index (χ4n) is 2.29. The molecule has 86 valence electrons. The molecular weight excluding hydrogens is 204 g/mol. The molecule has 0 aromatic heterocycles. The lowest BCUT2D eigenvalue weighted by Crippen LogP contribution is -2.48. The summed E-state index contributed by atoms with van der Waals surface area (Å²) in [7, 11) is 0. The Kier molecular flexibility index (Phi) is 5.49. The van der Waals surface area contributed by atoms with E-state index in [1.54, 1.807) is 0 Å². The third-order valence-electron chi connectivity index (χ3n) is 2.99. The first-order valence-electron chi connectivity index (χ1n) is 6.04. The monoisotopic (exact) mass is 226 g/mol. The smallest absolute Gasteiger partial charge is 0.107 e. The van der Waals surface area contributed by atoms with Crippen LogP contribution in [0.3, 0.4) is 0 Å². The van der Waals surface area contributed by atoms with Gasteiger partial charge >= 0.3 is 0 Å². The summed E-state index contributed by atoms with van der Waals surface area (Å²) in [6.45, 7) is 5.21. The number of hydrogen-bond acceptors (Lipinski definition) is 3. The minimum Gasteiger partial charge on any atom is -0.300 e. The van der Waals surface area contributed by atoms with E-state index in [0.717, 1.165) is 19.4 Å². The van der Waals surface area contributed by atoms with Gasteiger partial charge < -0.3 is 0 Å². The average molecular weight is 226 g/mol. The molecule has 1 aliphatic rings. The normalized spacial score (nSPS) is 31.1. The van der Waals surface area contributed by atoms with Crippen LogP contribution in [-0.4, -0.2) is 23.1 Å². The molecule has 0 saturated heterocycles. The van der Waals surface area contributed by atoms with Crippen LogP contribution >= 0.6 is 11.8 Å². The van der Waals surface area contributed by atoms with Crippen LogP contribution in [0.25, 0.3) is 0 Å². The van der Waals surface area contributed by atoms with Crippen LogP contribution in [0.1, 0.15) is 46.0 Å². The Hall–Kier alpha value is -0.200. The van der Waals surface area contributed by atoms with Gasteiger partial charge in [-0.3, -0.25) is 5.32 Å². The third-order valence-corrected chi connectivity index (χ3v) is 4.51. The van der Waals surface area contributed by atoms with Gasteiger partial charge in [0.05, 0.1) is 6.07 Å². The molecule has 0 heterocycles. The van der Waals surface area contributed by atoms with E-state index in [4.69, 9.17) is 0 Å². The maximum absolute atomic E-state index is 9.29. The molecule has 1 fully saturated rings. The summed E-state index contributed by atoms with van der Waals surface area (Å²) in [6, 6.07) is 2.50. The van der Waals surface area contributed by atoms with Crippen molar-refractivity contribution >= 4 is 11.8 Å². The minimum atomic E-state index is -0.224. The van der Waals surface area contributed by atoms with E-state index >= 15 is 0 Å². The van der Waals surface area contributed by atoms with Gasteiger partial charge in [0.1, 0.15) is 5.54 Å². The van der Waals surface area contributed by atoms with Crippen molar-refractivity contribution in [3.8, 4) is 6.07 Å². The van der Waals surface area contributed by atoms with E-state index in [-0.39, 0.29) is 5.54 Å². The Labute approximate surface area is 97.8 Å². The summed E-state index contributed by atoms with van der Waals surface area (Å²) in [5.41, 5.74) is -0.224. The zero-order chi connectivity index (χ0) is 11.1. The number of rotatable bonds is 5. The zero-order valence-corrected chi connectivity index (χ0v) is 10.7. The second-order valence-electron chi connectivity index (χ2n) is 4.31. The summed E-state index contributed by atoms with van der Waals surface area (Å²) in [5.74, 6) is 1.23. The fourth-order valence-corrected chi connectivity index (χ4v) is 3.60. The predicted octanol–water partition coefficient (Wildman–Crippen LogP) is 2.94. The third kappa shape index (κ3) is 3.70. The SMILES string of the molecule is CCCSC1CCCC(C#N)(NCC)C1. The summed E-state index contributed by atoms with van der Waals surface area (Å²) in [5, 5.41) is 13.4. The van der Waals surface area contributed by atoms with Crippen molar-refractivity contribution in [2.24, 2.45) is 0 Å². The first-order valence-corrected chi connectivity index (χ1v) is 7.09. The lowest BCUT2D eigenvalue weighted by Gasteiger charge is -2.36. The van der Waals surface area contributed by atoms with Crippen molar-refractivity contribution in [2.45, 2.75) is 56.7 Å². The van der Waals surface area contributed by atoms with E-state index in [0.29, 0.717) is 5.25 Å². The summed E-state index contributed by atoms with van der Waals surface area (Å²) in [4.78, 5) is 0. The van der Waals surface area contributed by atoms with Crippen LogP contribution < -0.4 is 5.32 Å². The largest absolute Gasteiger partial charge is 0.300 e. The molecular formula is C12H22N2S. The average Bonchev–Trinajstić information content (AvgIpc) is 2.27. The van der Waals surface area contributed by atoms with Gasteiger partial charge in [0, 0.05) is 5.25 Å². The van der Waals surface area contributed by atoms with Crippen LogP contribution in [0.4, 0.5) is 0 Å². The van der Waals surface area contributed by atoms with Gasteiger partial charge in [-0.05, 0) is 44.4 Å². The Morgan fingerprint density at radius 2 is 2.33 bits per heavy atom. The van der Waals surface area contributed by atoms with E-state index in [1.165, 1.54) is 25.0 Å². The van der Waals surface area contributed by atoms with Crippen molar-refractivity contribution in [1.29, 1.82) is 5.26 Å². The van der Waals surface area contributed by atoms with Gasteiger partial charge in [-0.25, -0.2) is 0 Å². The maximum atomic E-state index is 9.29. The van der Waals surface area contributed by atoms with Gasteiger partial charge in [-0.1, -0.05) is 13.8 Å². The van der Waals surface area contributed by atoms with E-state index in [1.807, 2.05) is 11.8 Å². The Morgan fingerprint density at radius 3 is 2.93 bits per heavy atom. The topological polar surface area (TPSA) is 35.8 Å². The first-order chi connectivity index (χ1) is 7.26. The number of thioether (sulfide) groups is 1. The molecule has 1 saturated carbocycles. The molecule has 0 aromatic rings. The molecule has 2 unspecified atom stereocenters. The van der Waals surface area contributed by atoms with Crippen molar-refractivity contribution in [3.05, 3.63) is 0 Å². The maximum Gasteiger partial charge on any atom is 0.107 e. The minimum absolute atomic E-state index is 0.224. The molecule has 0 aliphatic heterocycles. The van der Waals surface area contributed by atoms with Crippen LogP contribution in [0.15, 0.2) is 0 Å². The standard InChI is InChI=1S/C12H22N2S/c1-3-8-15-11-6-5-7-12(9-11,10-13)14-4-2/h11,14H,3-9H2,1-2H3. The highest BCUT2D eigenvalue weighted by Crippen LogP contribution is 2.34. The Morgan fingerprint density at radius 1 is 1.53 bits per heavy atom. The predicted molar refractivity (Wildman–Crippen MR) is 67.0 cm³/mol. The van der Waals surface area contributed by atoms with Crippen LogP contribution in [0, 0.1) is 11.3 Å². The highest BCUT2D eigenvalue weighted by atomic mass is 32.2. The molecule has 0 bridgehead atoms. The van der Waals surface area contributed by atoms with Crippen molar-refractivity contribution < 1.29 is 0 Å². The molecule has 0 radical (unpaired) electrons. The Bertz CT molecular complexity index is 220. The molecule has 0 aromatic carbocycles. The van der Waals surface area contributed by atoms with E-state index in [9.17, 15) is 5.26 Å². The summed E-state index contributed by atoms with van der Waals surface area (Å²) in [6.07, 6.45) is 5.78. The van der Waals surface area contributed by atoms with E-state index in [2.05, 4.69) is 25.2 Å².